The topological polar surface area (TPSA) is 9.23 Å². The van der Waals surface area contributed by atoms with Crippen LogP contribution >= 0.6 is 0 Å². The lowest BCUT2D eigenvalue weighted by atomic mass is 10.3. The first kappa shape index (κ1) is 8.48. The Morgan fingerprint density at radius 2 is 2.23 bits per heavy atom. The molecule has 0 heterocycles. The van der Waals surface area contributed by atoms with Crippen LogP contribution in [0.3, 0.4) is 0 Å². The van der Waals surface area contributed by atoms with Crippen LogP contribution in [-0.4, -0.2) is 6.61 Å². The van der Waals surface area contributed by atoms with Crippen molar-refractivity contribution in [3.63, 3.8) is 0 Å². The Kier molecular flexibility index (Phi) is 2.17. The average molecular weight is 183 g/mol. The first-order chi connectivity index (χ1) is 6.25. The van der Waals surface area contributed by atoms with E-state index in [1.165, 1.54) is 0 Å². The molecule has 1 aromatic carbocycles. The summed E-state index contributed by atoms with van der Waals surface area (Å²) < 4.78 is 30.5. The van der Waals surface area contributed by atoms with Crippen molar-refractivity contribution in [2.24, 2.45) is 5.92 Å². The Bertz CT molecular complexity index is 308. The Hall–Kier alpha value is -1.12. The SMILES string of the molecule is Fc1c[c]c(OCC2CC2)c(F)c1. The molecular formula is C10H9F2O. The second-order valence-electron chi connectivity index (χ2n) is 3.25. The van der Waals surface area contributed by atoms with Crippen LogP contribution < -0.4 is 4.74 Å². The van der Waals surface area contributed by atoms with Gasteiger partial charge in [-0.1, -0.05) is 0 Å². The Labute approximate surface area is 75.3 Å². The minimum absolute atomic E-state index is 0.0216. The van der Waals surface area contributed by atoms with E-state index in [0.29, 0.717) is 12.5 Å². The summed E-state index contributed by atoms with van der Waals surface area (Å²) in [5.41, 5.74) is 0. The highest BCUT2D eigenvalue weighted by atomic mass is 19.1. The quantitative estimate of drug-likeness (QED) is 0.699. The molecule has 2 rings (SSSR count). The first-order valence-corrected chi connectivity index (χ1v) is 4.25. The maximum Gasteiger partial charge on any atom is 0.168 e. The van der Waals surface area contributed by atoms with Gasteiger partial charge in [-0.25, -0.2) is 8.78 Å². The van der Waals surface area contributed by atoms with Gasteiger partial charge in [0.25, 0.3) is 0 Å². The molecule has 3 heteroatoms. The summed E-state index contributed by atoms with van der Waals surface area (Å²) >= 11 is 0. The molecule has 1 nitrogen and oxygen atoms in total. The molecule has 1 radical (unpaired) electrons. The molecule has 1 aromatic rings. The van der Waals surface area contributed by atoms with E-state index >= 15 is 0 Å². The maximum absolute atomic E-state index is 12.9. The van der Waals surface area contributed by atoms with Gasteiger partial charge in [0.05, 0.1) is 6.61 Å². The average Bonchev–Trinajstić information content (AvgIpc) is 2.86. The van der Waals surface area contributed by atoms with Gasteiger partial charge in [0.1, 0.15) is 5.82 Å². The van der Waals surface area contributed by atoms with Crippen LogP contribution in [0.2, 0.25) is 0 Å². The van der Waals surface area contributed by atoms with Crippen molar-refractivity contribution in [2.75, 3.05) is 6.61 Å². The van der Waals surface area contributed by atoms with Gasteiger partial charge >= 0.3 is 0 Å². The molecule has 1 fully saturated rings. The summed E-state index contributed by atoms with van der Waals surface area (Å²) in [6, 6.07) is 4.29. The molecule has 0 aromatic heterocycles. The molecule has 1 aliphatic carbocycles. The third-order valence-corrected chi connectivity index (χ3v) is 1.98. The highest BCUT2D eigenvalue weighted by Crippen LogP contribution is 2.30. The van der Waals surface area contributed by atoms with Gasteiger partial charge in [-0.15, -0.1) is 0 Å². The van der Waals surface area contributed by atoms with Crippen molar-refractivity contribution in [1.82, 2.24) is 0 Å². The second kappa shape index (κ2) is 3.32. The Balaban J connectivity index is 2.01. The van der Waals surface area contributed by atoms with Gasteiger partial charge in [0.2, 0.25) is 0 Å². The van der Waals surface area contributed by atoms with Crippen LogP contribution in [0.25, 0.3) is 0 Å². The Morgan fingerprint density at radius 1 is 1.46 bits per heavy atom. The van der Waals surface area contributed by atoms with Crippen molar-refractivity contribution in [1.29, 1.82) is 0 Å². The van der Waals surface area contributed by atoms with Gasteiger partial charge < -0.3 is 4.74 Å². The molecule has 1 aliphatic rings. The predicted octanol–water partition coefficient (Wildman–Crippen LogP) is 2.55. The van der Waals surface area contributed by atoms with E-state index in [2.05, 4.69) is 6.07 Å². The minimum atomic E-state index is -0.680. The lowest BCUT2D eigenvalue weighted by Gasteiger charge is -2.04. The first-order valence-electron chi connectivity index (χ1n) is 4.25. The summed E-state index contributed by atoms with van der Waals surface area (Å²) in [5.74, 6) is -0.733. The summed E-state index contributed by atoms with van der Waals surface area (Å²) in [4.78, 5) is 0. The highest BCUT2D eigenvalue weighted by Gasteiger charge is 2.22. The third-order valence-electron chi connectivity index (χ3n) is 1.98. The molecule has 0 amide bonds. The smallest absolute Gasteiger partial charge is 0.168 e. The molecule has 69 valence electrons. The standard InChI is InChI=1S/C10H9F2O/c11-8-3-4-10(9(12)5-8)13-6-7-1-2-7/h3,5,7H,1-2,6H2. The zero-order chi connectivity index (χ0) is 9.26. The van der Waals surface area contributed by atoms with Crippen LogP contribution in [-0.2, 0) is 0 Å². The van der Waals surface area contributed by atoms with E-state index in [1.807, 2.05) is 0 Å². The lowest BCUT2D eigenvalue weighted by molar-refractivity contribution is 0.284. The second-order valence-corrected chi connectivity index (χ2v) is 3.25. The molecule has 1 saturated carbocycles. The summed E-state index contributed by atoms with van der Waals surface area (Å²) in [6.45, 7) is 0.513. The zero-order valence-electron chi connectivity index (χ0n) is 7.02. The third kappa shape index (κ3) is 2.17. The van der Waals surface area contributed by atoms with E-state index in [9.17, 15) is 8.78 Å². The van der Waals surface area contributed by atoms with Crippen molar-refractivity contribution in [3.8, 4) is 5.75 Å². The van der Waals surface area contributed by atoms with Gasteiger partial charge in [0, 0.05) is 12.1 Å². The van der Waals surface area contributed by atoms with Gasteiger partial charge in [-0.3, -0.25) is 0 Å². The summed E-state index contributed by atoms with van der Waals surface area (Å²) in [7, 11) is 0. The predicted molar refractivity (Wildman–Crippen MR) is 43.4 cm³/mol. The molecule has 13 heavy (non-hydrogen) atoms. The maximum atomic E-state index is 12.9. The largest absolute Gasteiger partial charge is 0.490 e. The minimum Gasteiger partial charge on any atom is -0.490 e. The van der Waals surface area contributed by atoms with Crippen molar-refractivity contribution >= 4 is 0 Å². The molecule has 0 spiro atoms. The zero-order valence-corrected chi connectivity index (χ0v) is 7.02. The van der Waals surface area contributed by atoms with Crippen molar-refractivity contribution in [3.05, 3.63) is 29.8 Å². The molecule has 0 bridgehead atoms. The molecule has 0 unspecified atom stereocenters. The van der Waals surface area contributed by atoms with Crippen molar-refractivity contribution < 1.29 is 13.5 Å². The molecule has 0 saturated heterocycles. The number of hydrogen-bond donors (Lipinski definition) is 0. The fourth-order valence-corrected chi connectivity index (χ4v) is 1.03. The molecule has 0 aliphatic heterocycles. The summed E-state index contributed by atoms with van der Waals surface area (Å²) in [5, 5.41) is 0. The monoisotopic (exact) mass is 183 g/mol. The normalized spacial score (nSPS) is 15.8. The van der Waals surface area contributed by atoms with Gasteiger partial charge in [-0.2, -0.15) is 0 Å². The molecule has 0 atom stereocenters. The van der Waals surface area contributed by atoms with Gasteiger partial charge in [0.15, 0.2) is 11.6 Å². The lowest BCUT2D eigenvalue weighted by Crippen LogP contribution is -2.01. The molecule has 0 N–H and O–H groups in total. The number of halogens is 2. The van der Waals surface area contributed by atoms with E-state index in [-0.39, 0.29) is 5.75 Å². The summed E-state index contributed by atoms with van der Waals surface area (Å²) in [6.07, 6.45) is 2.28. The molecular weight excluding hydrogens is 174 g/mol. The number of hydrogen-bond acceptors (Lipinski definition) is 1. The number of ether oxygens (including phenoxy) is 1. The van der Waals surface area contributed by atoms with Crippen LogP contribution in [0.4, 0.5) is 8.78 Å². The fourth-order valence-electron chi connectivity index (χ4n) is 1.03. The van der Waals surface area contributed by atoms with Crippen molar-refractivity contribution in [2.45, 2.75) is 12.8 Å². The van der Waals surface area contributed by atoms with E-state index in [4.69, 9.17) is 4.74 Å². The van der Waals surface area contributed by atoms with Crippen LogP contribution in [0.15, 0.2) is 12.1 Å². The van der Waals surface area contributed by atoms with Crippen LogP contribution in [0.1, 0.15) is 12.8 Å². The highest BCUT2D eigenvalue weighted by molar-refractivity contribution is 5.23. The number of benzene rings is 1. The van der Waals surface area contributed by atoms with Gasteiger partial charge in [-0.05, 0) is 24.8 Å². The number of rotatable bonds is 3. The van der Waals surface area contributed by atoms with E-state index < -0.39 is 11.6 Å². The van der Waals surface area contributed by atoms with E-state index in [1.54, 1.807) is 0 Å². The van der Waals surface area contributed by atoms with E-state index in [0.717, 1.165) is 25.0 Å². The Morgan fingerprint density at radius 3 is 2.85 bits per heavy atom. The van der Waals surface area contributed by atoms with Crippen LogP contribution in [0.5, 0.6) is 5.75 Å². The fraction of sp³-hybridized carbons (Fsp3) is 0.400. The van der Waals surface area contributed by atoms with Crippen LogP contribution in [0, 0.1) is 23.6 Å².